The number of hydrogen-bond acceptors (Lipinski definition) is 2. The van der Waals surface area contributed by atoms with Crippen LogP contribution < -0.4 is 5.73 Å². The van der Waals surface area contributed by atoms with Crippen molar-refractivity contribution in [1.29, 1.82) is 0 Å². The molecule has 2 rings (SSSR count). The van der Waals surface area contributed by atoms with Crippen LogP contribution in [0.2, 0.25) is 0 Å². The van der Waals surface area contributed by atoms with Gasteiger partial charge < -0.3 is 10.6 Å². The summed E-state index contributed by atoms with van der Waals surface area (Å²) in [7, 11) is 2.06. The van der Waals surface area contributed by atoms with E-state index in [9.17, 15) is 0 Å². The quantitative estimate of drug-likeness (QED) is 0.442. The Balaban J connectivity index is 0.00000220. The third kappa shape index (κ3) is 5.27. The Morgan fingerprint density at radius 1 is 1.24 bits per heavy atom. The van der Waals surface area contributed by atoms with Gasteiger partial charge in [0.2, 0.25) is 0 Å². The van der Waals surface area contributed by atoms with Crippen molar-refractivity contribution >= 4 is 29.9 Å². The molecule has 1 saturated carbocycles. The number of piperidine rings is 1. The molecule has 2 N–H and O–H groups in total. The first-order valence-electron chi connectivity index (χ1n) is 8.07. The average molecular weight is 408 g/mol. The van der Waals surface area contributed by atoms with E-state index in [0.29, 0.717) is 12.0 Å². The van der Waals surface area contributed by atoms with E-state index >= 15 is 0 Å². The fraction of sp³-hybridized carbons (Fsp3) is 0.938. The van der Waals surface area contributed by atoms with Crippen LogP contribution in [0.4, 0.5) is 0 Å². The van der Waals surface area contributed by atoms with Crippen molar-refractivity contribution in [2.45, 2.75) is 58.5 Å². The summed E-state index contributed by atoms with van der Waals surface area (Å²) in [5.41, 5.74) is 6.20. The zero-order chi connectivity index (χ0) is 14.9. The number of hydrogen-bond donors (Lipinski definition) is 1. The average Bonchev–Trinajstić information content (AvgIpc) is 3.18. The van der Waals surface area contributed by atoms with Gasteiger partial charge in [-0.3, -0.25) is 9.89 Å². The van der Waals surface area contributed by atoms with Gasteiger partial charge in [0.15, 0.2) is 5.96 Å². The lowest BCUT2D eigenvalue weighted by atomic mass is 9.88. The molecule has 0 aromatic carbocycles. The van der Waals surface area contributed by atoms with Gasteiger partial charge >= 0.3 is 0 Å². The predicted octanol–water partition coefficient (Wildman–Crippen LogP) is 2.77. The molecule has 1 aliphatic carbocycles. The summed E-state index contributed by atoms with van der Waals surface area (Å²) in [6.07, 6.45) is 3.87. The van der Waals surface area contributed by atoms with Gasteiger partial charge in [-0.05, 0) is 44.9 Å². The Kier molecular flexibility index (Phi) is 6.78. The van der Waals surface area contributed by atoms with Gasteiger partial charge in [-0.1, -0.05) is 13.8 Å². The summed E-state index contributed by atoms with van der Waals surface area (Å²) >= 11 is 0. The van der Waals surface area contributed by atoms with Crippen LogP contribution in [0.15, 0.2) is 4.99 Å². The Morgan fingerprint density at radius 2 is 1.76 bits per heavy atom. The molecule has 4 nitrogen and oxygen atoms in total. The standard InChI is InChI=1S/C16H32N4.HI/c1-12-8-13(2)10-20(9-12)16(3,4)11-18-15(17)19(5)14-6-7-14;/h12-14H,6-11H2,1-5H3,(H2,17,18);1H. The van der Waals surface area contributed by atoms with E-state index in [-0.39, 0.29) is 29.5 Å². The molecule has 2 unspecified atom stereocenters. The summed E-state index contributed by atoms with van der Waals surface area (Å²) in [6, 6.07) is 0.636. The lowest BCUT2D eigenvalue weighted by Crippen LogP contribution is -2.53. The maximum Gasteiger partial charge on any atom is 0.191 e. The van der Waals surface area contributed by atoms with Gasteiger partial charge in [0.05, 0.1) is 6.54 Å². The molecule has 1 heterocycles. The summed E-state index contributed by atoms with van der Waals surface area (Å²) < 4.78 is 0. The van der Waals surface area contributed by atoms with Crippen molar-refractivity contribution in [1.82, 2.24) is 9.80 Å². The molecule has 0 aromatic rings. The molecule has 1 saturated heterocycles. The number of nitrogens with two attached hydrogens (primary N) is 1. The van der Waals surface area contributed by atoms with E-state index in [1.165, 1.54) is 32.4 Å². The van der Waals surface area contributed by atoms with E-state index in [0.717, 1.165) is 18.4 Å². The van der Waals surface area contributed by atoms with E-state index in [1.807, 2.05) is 0 Å². The molecule has 2 aliphatic rings. The van der Waals surface area contributed by atoms with Crippen LogP contribution in [0.1, 0.15) is 47.0 Å². The molecule has 21 heavy (non-hydrogen) atoms. The highest BCUT2D eigenvalue weighted by Crippen LogP contribution is 2.28. The number of nitrogens with zero attached hydrogens (tertiary/aromatic N) is 3. The topological polar surface area (TPSA) is 44.9 Å². The van der Waals surface area contributed by atoms with Crippen LogP contribution in [0.25, 0.3) is 0 Å². The number of guanidine groups is 1. The minimum absolute atomic E-state index is 0. The molecule has 0 radical (unpaired) electrons. The Labute approximate surface area is 147 Å². The highest BCUT2D eigenvalue weighted by atomic mass is 127. The Morgan fingerprint density at radius 3 is 2.24 bits per heavy atom. The first kappa shape index (κ1) is 19.0. The minimum atomic E-state index is 0. The molecule has 0 bridgehead atoms. The fourth-order valence-electron chi connectivity index (χ4n) is 3.29. The highest BCUT2D eigenvalue weighted by Gasteiger charge is 2.33. The maximum atomic E-state index is 6.11. The zero-order valence-electron chi connectivity index (χ0n) is 14.3. The molecule has 2 atom stereocenters. The first-order valence-corrected chi connectivity index (χ1v) is 8.07. The fourth-order valence-corrected chi connectivity index (χ4v) is 3.29. The van der Waals surface area contributed by atoms with Crippen LogP contribution in [0.3, 0.4) is 0 Å². The van der Waals surface area contributed by atoms with Gasteiger partial charge in [0.1, 0.15) is 0 Å². The molecule has 5 heteroatoms. The first-order chi connectivity index (χ1) is 9.29. The van der Waals surface area contributed by atoms with Gasteiger partial charge in [-0.2, -0.15) is 0 Å². The molecule has 0 amide bonds. The summed E-state index contributed by atoms with van der Waals surface area (Å²) in [6.45, 7) is 12.5. The van der Waals surface area contributed by atoms with Crippen LogP contribution in [0.5, 0.6) is 0 Å². The van der Waals surface area contributed by atoms with Gasteiger partial charge in [0, 0.05) is 31.7 Å². The smallest absolute Gasteiger partial charge is 0.191 e. The SMILES string of the molecule is CC1CC(C)CN(C(C)(C)CN=C(N)N(C)C2CC2)C1.I. The van der Waals surface area contributed by atoms with E-state index in [2.05, 4.69) is 49.5 Å². The molecule has 2 fully saturated rings. The number of halogens is 1. The van der Waals surface area contributed by atoms with Crippen LogP contribution in [-0.2, 0) is 0 Å². The highest BCUT2D eigenvalue weighted by molar-refractivity contribution is 14.0. The van der Waals surface area contributed by atoms with Crippen LogP contribution in [0, 0.1) is 11.8 Å². The summed E-state index contributed by atoms with van der Waals surface area (Å²) in [5, 5.41) is 0. The third-order valence-corrected chi connectivity index (χ3v) is 4.81. The van der Waals surface area contributed by atoms with Crippen LogP contribution >= 0.6 is 24.0 Å². The van der Waals surface area contributed by atoms with E-state index < -0.39 is 0 Å². The van der Waals surface area contributed by atoms with Crippen molar-refractivity contribution < 1.29 is 0 Å². The Hall–Kier alpha value is -0.0400. The second-order valence-corrected chi connectivity index (χ2v) is 7.68. The molecular weight excluding hydrogens is 375 g/mol. The second-order valence-electron chi connectivity index (χ2n) is 7.68. The van der Waals surface area contributed by atoms with Crippen molar-refractivity contribution in [3.63, 3.8) is 0 Å². The maximum absolute atomic E-state index is 6.11. The number of rotatable bonds is 4. The largest absolute Gasteiger partial charge is 0.370 e. The second kappa shape index (κ2) is 7.49. The zero-order valence-corrected chi connectivity index (χ0v) is 16.6. The van der Waals surface area contributed by atoms with Crippen molar-refractivity contribution in [3.8, 4) is 0 Å². The van der Waals surface area contributed by atoms with Crippen molar-refractivity contribution in [2.24, 2.45) is 22.6 Å². The lowest BCUT2D eigenvalue weighted by molar-refractivity contribution is 0.0512. The number of aliphatic imine (C=N–C) groups is 1. The van der Waals surface area contributed by atoms with Crippen LogP contribution in [-0.4, -0.2) is 54.0 Å². The number of likely N-dealkylation sites (tertiary alicyclic amines) is 1. The van der Waals surface area contributed by atoms with E-state index in [1.54, 1.807) is 0 Å². The molecule has 0 spiro atoms. The van der Waals surface area contributed by atoms with E-state index in [4.69, 9.17) is 5.73 Å². The third-order valence-electron chi connectivity index (χ3n) is 4.81. The van der Waals surface area contributed by atoms with Crippen molar-refractivity contribution in [3.05, 3.63) is 0 Å². The van der Waals surface area contributed by atoms with Gasteiger partial charge in [-0.15, -0.1) is 24.0 Å². The summed E-state index contributed by atoms with van der Waals surface area (Å²) in [5.74, 6) is 2.28. The van der Waals surface area contributed by atoms with Gasteiger partial charge in [-0.25, -0.2) is 0 Å². The predicted molar refractivity (Wildman–Crippen MR) is 101 cm³/mol. The van der Waals surface area contributed by atoms with Gasteiger partial charge in [0.25, 0.3) is 0 Å². The minimum Gasteiger partial charge on any atom is -0.370 e. The van der Waals surface area contributed by atoms with Crippen molar-refractivity contribution in [2.75, 3.05) is 26.7 Å². The summed E-state index contributed by atoms with van der Waals surface area (Å²) in [4.78, 5) is 9.39. The molecule has 1 aliphatic heterocycles. The molecular formula is C16H33IN4. The molecule has 0 aromatic heterocycles. The monoisotopic (exact) mass is 408 g/mol. The normalized spacial score (nSPS) is 28.1. The Bertz CT molecular complexity index is 355. The lowest BCUT2D eigenvalue weighted by Gasteiger charge is -2.44. The molecule has 124 valence electrons.